The summed E-state index contributed by atoms with van der Waals surface area (Å²) in [7, 11) is -1.85. The van der Waals surface area contributed by atoms with Crippen LogP contribution in [0.4, 0.5) is 0 Å². The minimum Gasteiger partial charge on any atom is -0.341 e. The van der Waals surface area contributed by atoms with Gasteiger partial charge in [0.05, 0.1) is 11.4 Å². The van der Waals surface area contributed by atoms with Crippen LogP contribution < -0.4 is 4.72 Å². The smallest absolute Gasteiger partial charge is 0.240 e. The zero-order valence-corrected chi connectivity index (χ0v) is 15.7. The predicted molar refractivity (Wildman–Crippen MR) is 94.7 cm³/mol. The van der Waals surface area contributed by atoms with Crippen molar-refractivity contribution in [3.05, 3.63) is 51.1 Å². The molecule has 0 spiro atoms. The molecule has 1 aromatic heterocycles. The molecule has 0 aliphatic heterocycles. The number of nitrogens with zero attached hydrogens (tertiary/aromatic N) is 1. The Morgan fingerprint density at radius 1 is 1.30 bits per heavy atom. The number of rotatable bonds is 7. The van der Waals surface area contributed by atoms with Crippen LogP contribution >= 0.6 is 27.3 Å². The van der Waals surface area contributed by atoms with Crippen LogP contribution in [0.5, 0.6) is 0 Å². The summed E-state index contributed by atoms with van der Waals surface area (Å²) in [6, 6.07) is 10.1. The fourth-order valence-corrected chi connectivity index (χ4v) is 4.48. The van der Waals surface area contributed by atoms with E-state index in [4.69, 9.17) is 0 Å². The average molecular weight is 417 g/mol. The number of hydrogen-bond donors (Lipinski definition) is 1. The van der Waals surface area contributed by atoms with Crippen molar-refractivity contribution in [2.75, 3.05) is 13.6 Å². The normalized spacial score (nSPS) is 11.4. The van der Waals surface area contributed by atoms with Gasteiger partial charge in [0.15, 0.2) is 0 Å². The molecule has 124 valence electrons. The van der Waals surface area contributed by atoms with E-state index in [1.54, 1.807) is 41.5 Å². The van der Waals surface area contributed by atoms with Crippen LogP contribution in [0.15, 0.2) is 51.1 Å². The Morgan fingerprint density at radius 3 is 2.61 bits per heavy atom. The zero-order valence-electron chi connectivity index (χ0n) is 12.5. The van der Waals surface area contributed by atoms with Crippen LogP contribution in [-0.4, -0.2) is 32.8 Å². The highest BCUT2D eigenvalue weighted by Crippen LogP contribution is 2.20. The van der Waals surface area contributed by atoms with E-state index in [1.807, 2.05) is 11.4 Å². The number of thiophene rings is 1. The molecule has 5 nitrogen and oxygen atoms in total. The monoisotopic (exact) mass is 416 g/mol. The average Bonchev–Trinajstić information content (AvgIpc) is 2.93. The van der Waals surface area contributed by atoms with E-state index in [9.17, 15) is 13.2 Å². The highest BCUT2D eigenvalue weighted by Gasteiger charge is 2.15. The minimum atomic E-state index is -3.56. The van der Waals surface area contributed by atoms with Crippen molar-refractivity contribution in [1.29, 1.82) is 0 Å². The summed E-state index contributed by atoms with van der Waals surface area (Å²) >= 11 is 4.94. The fourth-order valence-electron chi connectivity index (χ4n) is 1.92. The number of sulfonamides is 1. The lowest BCUT2D eigenvalue weighted by atomic mass is 10.3. The van der Waals surface area contributed by atoms with Crippen LogP contribution in [0.25, 0.3) is 0 Å². The van der Waals surface area contributed by atoms with E-state index in [2.05, 4.69) is 20.7 Å². The number of halogens is 1. The Kier molecular flexibility index (Phi) is 6.34. The van der Waals surface area contributed by atoms with Crippen molar-refractivity contribution in [3.8, 4) is 0 Å². The Morgan fingerprint density at radius 2 is 2.00 bits per heavy atom. The van der Waals surface area contributed by atoms with Gasteiger partial charge in [0.2, 0.25) is 15.9 Å². The lowest BCUT2D eigenvalue weighted by Crippen LogP contribution is -2.31. The molecule has 0 saturated carbocycles. The maximum absolute atomic E-state index is 12.1. The summed E-state index contributed by atoms with van der Waals surface area (Å²) in [5.74, 6) is -0.106. The molecule has 2 aromatic rings. The van der Waals surface area contributed by atoms with Crippen LogP contribution in [0.2, 0.25) is 0 Å². The molecular formula is C15H17BrN2O3S2. The molecule has 0 atom stereocenters. The van der Waals surface area contributed by atoms with Crippen molar-refractivity contribution in [1.82, 2.24) is 9.62 Å². The molecule has 1 amide bonds. The molecule has 23 heavy (non-hydrogen) atoms. The van der Waals surface area contributed by atoms with Gasteiger partial charge in [0.1, 0.15) is 0 Å². The largest absolute Gasteiger partial charge is 0.341 e. The van der Waals surface area contributed by atoms with E-state index in [-0.39, 0.29) is 23.8 Å². The van der Waals surface area contributed by atoms with Crippen molar-refractivity contribution >= 4 is 43.2 Å². The maximum atomic E-state index is 12.1. The Hall–Kier alpha value is -1.22. The van der Waals surface area contributed by atoms with Gasteiger partial charge < -0.3 is 4.90 Å². The first-order valence-electron chi connectivity index (χ1n) is 6.90. The molecule has 0 bridgehead atoms. The molecule has 1 aromatic carbocycles. The molecule has 0 aliphatic carbocycles. The zero-order chi connectivity index (χ0) is 16.9. The van der Waals surface area contributed by atoms with Gasteiger partial charge in [-0.25, -0.2) is 13.1 Å². The molecule has 0 fully saturated rings. The number of carbonyl (C=O) groups excluding carboxylic acids is 1. The quantitative estimate of drug-likeness (QED) is 0.754. The molecule has 1 N–H and O–H groups in total. The Bertz CT molecular complexity index is 760. The second-order valence-corrected chi connectivity index (χ2v) is 8.62. The van der Waals surface area contributed by atoms with Gasteiger partial charge in [-0.2, -0.15) is 0 Å². The summed E-state index contributed by atoms with van der Waals surface area (Å²) in [5.41, 5.74) is 0. The second-order valence-electron chi connectivity index (χ2n) is 4.94. The topological polar surface area (TPSA) is 66.5 Å². The van der Waals surface area contributed by atoms with Crippen molar-refractivity contribution in [2.45, 2.75) is 17.9 Å². The molecule has 2 rings (SSSR count). The highest BCUT2D eigenvalue weighted by atomic mass is 79.9. The van der Waals surface area contributed by atoms with Gasteiger partial charge in [0, 0.05) is 34.7 Å². The molecule has 0 unspecified atom stereocenters. The van der Waals surface area contributed by atoms with Gasteiger partial charge in [-0.3, -0.25) is 4.79 Å². The van der Waals surface area contributed by atoms with E-state index in [1.165, 1.54) is 12.1 Å². The van der Waals surface area contributed by atoms with Gasteiger partial charge in [-0.15, -0.1) is 11.3 Å². The SMILES string of the molecule is CN(Cc1cc(Br)cs1)C(=O)CCNS(=O)(=O)c1ccccc1. The predicted octanol–water partition coefficient (Wildman–Crippen LogP) is 2.84. The first-order valence-corrected chi connectivity index (χ1v) is 10.1. The molecule has 0 aliphatic rings. The number of hydrogen-bond acceptors (Lipinski definition) is 4. The third-order valence-corrected chi connectivity index (χ3v) is 6.28. The number of carbonyl (C=O) groups is 1. The molecule has 8 heteroatoms. The molecule has 1 heterocycles. The molecule has 0 radical (unpaired) electrons. The minimum absolute atomic E-state index is 0.0779. The van der Waals surface area contributed by atoms with Gasteiger partial charge in [-0.1, -0.05) is 18.2 Å². The Labute approximate surface area is 148 Å². The summed E-state index contributed by atoms with van der Waals surface area (Å²) in [4.78, 5) is 14.9. The van der Waals surface area contributed by atoms with E-state index >= 15 is 0 Å². The highest BCUT2D eigenvalue weighted by molar-refractivity contribution is 9.10. The molecular weight excluding hydrogens is 400 g/mol. The standard InChI is InChI=1S/C15H17BrN2O3S2/c1-18(10-13-9-12(16)11-22-13)15(19)7-8-17-23(20,21)14-5-3-2-4-6-14/h2-6,9,11,17H,7-8,10H2,1H3. The van der Waals surface area contributed by atoms with Crippen molar-refractivity contribution in [2.24, 2.45) is 0 Å². The van der Waals surface area contributed by atoms with Crippen LogP contribution in [0.3, 0.4) is 0 Å². The van der Waals surface area contributed by atoms with Crippen LogP contribution in [0.1, 0.15) is 11.3 Å². The number of nitrogens with one attached hydrogen (secondary N) is 1. The first-order chi connectivity index (χ1) is 10.9. The Balaban J connectivity index is 1.82. The second kappa shape index (κ2) is 8.05. The van der Waals surface area contributed by atoms with Gasteiger partial charge in [-0.05, 0) is 34.1 Å². The van der Waals surface area contributed by atoms with Crippen molar-refractivity contribution in [3.63, 3.8) is 0 Å². The summed E-state index contributed by atoms with van der Waals surface area (Å²) in [5, 5.41) is 1.96. The number of benzene rings is 1. The fraction of sp³-hybridized carbons (Fsp3) is 0.267. The van der Waals surface area contributed by atoms with E-state index in [0.29, 0.717) is 6.54 Å². The van der Waals surface area contributed by atoms with Crippen LogP contribution in [0, 0.1) is 0 Å². The molecule has 0 saturated heterocycles. The third kappa shape index (κ3) is 5.42. The summed E-state index contributed by atoms with van der Waals surface area (Å²) in [6.45, 7) is 0.592. The van der Waals surface area contributed by atoms with Crippen LogP contribution in [-0.2, 0) is 21.4 Å². The van der Waals surface area contributed by atoms with Gasteiger partial charge in [0.25, 0.3) is 0 Å². The number of amides is 1. The maximum Gasteiger partial charge on any atom is 0.240 e. The van der Waals surface area contributed by atoms with Gasteiger partial charge >= 0.3 is 0 Å². The first kappa shape index (κ1) is 18.1. The summed E-state index contributed by atoms with van der Waals surface area (Å²) < 4.78 is 27.5. The lowest BCUT2D eigenvalue weighted by Gasteiger charge is -2.16. The van der Waals surface area contributed by atoms with E-state index in [0.717, 1.165) is 9.35 Å². The lowest BCUT2D eigenvalue weighted by molar-refractivity contribution is -0.130. The summed E-state index contributed by atoms with van der Waals surface area (Å²) in [6.07, 6.45) is 0.120. The van der Waals surface area contributed by atoms with Crippen molar-refractivity contribution < 1.29 is 13.2 Å². The van der Waals surface area contributed by atoms with E-state index < -0.39 is 10.0 Å². The third-order valence-electron chi connectivity index (χ3n) is 3.12.